The molecule has 0 saturated heterocycles. The first-order valence-corrected chi connectivity index (χ1v) is 9.85. The van der Waals surface area contributed by atoms with E-state index in [-0.39, 0.29) is 0 Å². The molecule has 1 heteroatoms. The normalized spacial score (nSPS) is 20.4. The molecule has 2 aliphatic rings. The van der Waals surface area contributed by atoms with Gasteiger partial charge in [0.05, 0.1) is 5.41 Å². The molecule has 0 aliphatic heterocycles. The van der Waals surface area contributed by atoms with Crippen LogP contribution in [0.5, 0.6) is 0 Å². The first kappa shape index (κ1) is 19.1. The summed E-state index contributed by atoms with van der Waals surface area (Å²) in [5.41, 5.74) is 6.84. The highest BCUT2D eigenvalue weighted by Crippen LogP contribution is 2.61. The SMILES string of the molecule is C=CC1=C(C=C)C2(C(/C=C\C(C)(C)F)=C(C=C)c3ccccc32)c2ccccc21. The molecule has 144 valence electrons. The van der Waals surface area contributed by atoms with Crippen molar-refractivity contribution in [3.8, 4) is 0 Å². The molecule has 0 aromatic heterocycles. The predicted molar refractivity (Wildman–Crippen MR) is 122 cm³/mol. The summed E-state index contributed by atoms with van der Waals surface area (Å²) in [7, 11) is 0. The second-order valence-electron chi connectivity index (χ2n) is 8.01. The minimum absolute atomic E-state index is 0.552. The molecule has 0 saturated carbocycles. The lowest BCUT2D eigenvalue weighted by Crippen LogP contribution is -2.27. The fraction of sp³-hybridized carbons (Fsp3) is 0.143. The van der Waals surface area contributed by atoms with Crippen LogP contribution in [-0.2, 0) is 5.41 Å². The fourth-order valence-corrected chi connectivity index (χ4v) is 4.85. The lowest BCUT2D eigenvalue weighted by Gasteiger charge is -2.32. The quantitative estimate of drug-likeness (QED) is 0.508. The van der Waals surface area contributed by atoms with E-state index in [2.05, 4.69) is 56.1 Å². The first-order valence-electron chi connectivity index (χ1n) is 9.85. The van der Waals surface area contributed by atoms with Gasteiger partial charge in [-0.15, -0.1) is 0 Å². The third-order valence-electron chi connectivity index (χ3n) is 5.89. The number of hydrogen-bond donors (Lipinski definition) is 0. The highest BCUT2D eigenvalue weighted by Gasteiger charge is 2.51. The maximum absolute atomic E-state index is 14.5. The monoisotopic (exact) mass is 380 g/mol. The van der Waals surface area contributed by atoms with Crippen LogP contribution in [-0.4, -0.2) is 5.67 Å². The average Bonchev–Trinajstić information content (AvgIpc) is 3.16. The number of benzene rings is 2. The number of hydrogen-bond acceptors (Lipinski definition) is 0. The van der Waals surface area contributed by atoms with Crippen LogP contribution in [0.15, 0.2) is 110 Å². The molecular formula is C28H25F. The zero-order chi connectivity index (χ0) is 20.8. The molecular weight excluding hydrogens is 355 g/mol. The molecule has 0 bridgehead atoms. The summed E-state index contributed by atoms with van der Waals surface area (Å²) in [5, 5.41) is 0. The van der Waals surface area contributed by atoms with Gasteiger partial charge in [0, 0.05) is 0 Å². The van der Waals surface area contributed by atoms with Crippen LogP contribution in [0.1, 0.15) is 36.1 Å². The second-order valence-corrected chi connectivity index (χ2v) is 8.01. The van der Waals surface area contributed by atoms with Gasteiger partial charge < -0.3 is 0 Å². The smallest absolute Gasteiger partial charge is 0.123 e. The zero-order valence-corrected chi connectivity index (χ0v) is 17.0. The van der Waals surface area contributed by atoms with Crippen molar-refractivity contribution in [2.24, 2.45) is 0 Å². The molecule has 1 spiro atoms. The molecule has 1 unspecified atom stereocenters. The van der Waals surface area contributed by atoms with Crippen LogP contribution < -0.4 is 0 Å². The van der Waals surface area contributed by atoms with E-state index < -0.39 is 11.1 Å². The van der Waals surface area contributed by atoms with E-state index >= 15 is 0 Å². The molecule has 4 rings (SSSR count). The van der Waals surface area contributed by atoms with Gasteiger partial charge in [0.1, 0.15) is 5.67 Å². The van der Waals surface area contributed by atoms with E-state index in [1.54, 1.807) is 19.9 Å². The summed E-state index contributed by atoms with van der Waals surface area (Å²) >= 11 is 0. The number of alkyl halides is 1. The largest absolute Gasteiger partial charge is 0.240 e. The molecule has 0 radical (unpaired) electrons. The third-order valence-corrected chi connectivity index (χ3v) is 5.89. The maximum atomic E-state index is 14.5. The van der Waals surface area contributed by atoms with Crippen LogP contribution in [0, 0.1) is 0 Å². The summed E-state index contributed by atoms with van der Waals surface area (Å²) in [4.78, 5) is 0. The molecule has 2 aliphatic carbocycles. The van der Waals surface area contributed by atoms with Gasteiger partial charge >= 0.3 is 0 Å². The van der Waals surface area contributed by atoms with Crippen molar-refractivity contribution < 1.29 is 4.39 Å². The van der Waals surface area contributed by atoms with Gasteiger partial charge in [0.15, 0.2) is 0 Å². The molecule has 0 fully saturated rings. The average molecular weight is 381 g/mol. The lowest BCUT2D eigenvalue weighted by atomic mass is 9.68. The van der Waals surface area contributed by atoms with E-state index in [1.165, 1.54) is 11.1 Å². The first-order chi connectivity index (χ1) is 13.9. The van der Waals surface area contributed by atoms with Gasteiger partial charge in [-0.25, -0.2) is 4.39 Å². The number of halogens is 1. The van der Waals surface area contributed by atoms with Gasteiger partial charge in [-0.05, 0) is 64.5 Å². The minimum atomic E-state index is -1.42. The molecule has 1 atom stereocenters. The van der Waals surface area contributed by atoms with E-state index in [0.717, 1.165) is 33.4 Å². The summed E-state index contributed by atoms with van der Waals surface area (Å²) in [6, 6.07) is 16.8. The summed E-state index contributed by atoms with van der Waals surface area (Å²) in [6.07, 6.45) is 9.28. The summed E-state index contributed by atoms with van der Waals surface area (Å²) in [6.45, 7) is 15.5. The van der Waals surface area contributed by atoms with E-state index in [9.17, 15) is 4.39 Å². The van der Waals surface area contributed by atoms with Gasteiger partial charge in [-0.2, -0.15) is 0 Å². The second kappa shape index (κ2) is 6.70. The van der Waals surface area contributed by atoms with Crippen molar-refractivity contribution in [1.29, 1.82) is 0 Å². The molecule has 0 amide bonds. The Morgan fingerprint density at radius 3 is 1.69 bits per heavy atom. The summed E-state index contributed by atoms with van der Waals surface area (Å²) < 4.78 is 14.5. The zero-order valence-electron chi connectivity index (χ0n) is 17.0. The highest BCUT2D eigenvalue weighted by atomic mass is 19.1. The van der Waals surface area contributed by atoms with Gasteiger partial charge in [0.25, 0.3) is 0 Å². The Labute approximate surface area is 172 Å². The van der Waals surface area contributed by atoms with E-state index in [4.69, 9.17) is 0 Å². The topological polar surface area (TPSA) is 0 Å². The highest BCUT2D eigenvalue weighted by molar-refractivity contribution is 5.99. The van der Waals surface area contributed by atoms with Gasteiger partial charge in [-0.3, -0.25) is 0 Å². The standard InChI is InChI=1S/C28H25F/c1-6-19-21-13-9-11-15-24(21)28(23(19)8-3)25-16-12-10-14-22(25)20(7-2)26(28)17-18-27(4,5)29/h6-18H,1-3H2,4-5H3/b18-17-. The Morgan fingerprint density at radius 1 is 0.759 bits per heavy atom. The molecule has 0 heterocycles. The van der Waals surface area contributed by atoms with Crippen LogP contribution in [0.25, 0.3) is 11.1 Å². The minimum Gasteiger partial charge on any atom is -0.240 e. The molecule has 0 N–H and O–H groups in total. The van der Waals surface area contributed by atoms with E-state index in [0.29, 0.717) is 0 Å². The third kappa shape index (κ3) is 2.57. The molecule has 29 heavy (non-hydrogen) atoms. The maximum Gasteiger partial charge on any atom is 0.123 e. The summed E-state index contributed by atoms with van der Waals surface area (Å²) in [5.74, 6) is 0. The Morgan fingerprint density at radius 2 is 1.24 bits per heavy atom. The fourth-order valence-electron chi connectivity index (χ4n) is 4.85. The van der Waals surface area contributed by atoms with Crippen molar-refractivity contribution >= 4 is 11.1 Å². The van der Waals surface area contributed by atoms with Crippen LogP contribution in [0.3, 0.4) is 0 Å². The molecule has 2 aromatic rings. The van der Waals surface area contributed by atoms with Gasteiger partial charge in [0.2, 0.25) is 0 Å². The van der Waals surface area contributed by atoms with Crippen molar-refractivity contribution in [2.45, 2.75) is 24.9 Å². The Bertz CT molecular complexity index is 1120. The van der Waals surface area contributed by atoms with Crippen LogP contribution >= 0.6 is 0 Å². The Balaban J connectivity index is 2.20. The number of fused-ring (bicyclic) bond motifs is 4. The van der Waals surface area contributed by atoms with Crippen molar-refractivity contribution in [2.75, 3.05) is 0 Å². The van der Waals surface area contributed by atoms with Crippen molar-refractivity contribution in [1.82, 2.24) is 0 Å². The number of allylic oxidation sites excluding steroid dienone is 9. The van der Waals surface area contributed by atoms with Crippen LogP contribution in [0.4, 0.5) is 4.39 Å². The predicted octanol–water partition coefficient (Wildman–Crippen LogP) is 7.37. The Hall–Kier alpha value is -3.19. The van der Waals surface area contributed by atoms with Crippen molar-refractivity contribution in [3.05, 3.63) is 132 Å². The Kier molecular flexibility index (Phi) is 4.42. The van der Waals surface area contributed by atoms with Crippen LogP contribution in [0.2, 0.25) is 0 Å². The molecule has 0 nitrogen and oxygen atoms in total. The lowest BCUT2D eigenvalue weighted by molar-refractivity contribution is 0.287. The van der Waals surface area contributed by atoms with Crippen molar-refractivity contribution in [3.63, 3.8) is 0 Å². The van der Waals surface area contributed by atoms with E-state index in [1.807, 2.05) is 36.4 Å². The molecule has 2 aromatic carbocycles. The number of rotatable bonds is 5. The van der Waals surface area contributed by atoms with Gasteiger partial charge in [-0.1, -0.05) is 92.6 Å².